The third-order valence-electron chi connectivity index (χ3n) is 17.4. The van der Waals surface area contributed by atoms with Crippen molar-refractivity contribution in [3.63, 3.8) is 0 Å². The molecule has 3 rings (SSSR count). The highest BCUT2D eigenvalue weighted by Gasteiger charge is 2.38. The molecule has 0 bridgehead atoms. The van der Waals surface area contributed by atoms with Crippen LogP contribution < -0.4 is 31.9 Å². The molecule has 2 aromatic rings. The molecule has 18 atom stereocenters. The summed E-state index contributed by atoms with van der Waals surface area (Å²) in [6, 6.07) is 10.1. The minimum absolute atomic E-state index is 0.0316. The van der Waals surface area contributed by atoms with Gasteiger partial charge in [0, 0.05) is 118 Å². The lowest BCUT2D eigenvalue weighted by molar-refractivity contribution is -0.142. The topological polar surface area (TPSA) is 641 Å². The van der Waals surface area contributed by atoms with Crippen molar-refractivity contribution >= 4 is 95.1 Å². The number of hydrogen-bond acceptors (Lipinski definition) is 29. The maximum Gasteiger partial charge on any atom is 0.327 e. The normalized spacial score (nSPS) is 17.2. The highest BCUT2D eigenvalue weighted by molar-refractivity contribution is 7.99. The molecule has 24 N–H and O–H groups in total. The first-order valence-electron chi connectivity index (χ1n) is 33.4. The van der Waals surface area contributed by atoms with Crippen LogP contribution in [0.4, 0.5) is 0 Å². The molecule has 0 spiro atoms. The Labute approximate surface area is 606 Å². The summed E-state index contributed by atoms with van der Waals surface area (Å²) < 4.78 is 0. The largest absolute Gasteiger partial charge is 0.481 e. The van der Waals surface area contributed by atoms with Gasteiger partial charge in [0.1, 0.15) is 66.8 Å². The van der Waals surface area contributed by atoms with Crippen molar-refractivity contribution in [3.8, 4) is 11.1 Å². The second-order valence-corrected chi connectivity index (χ2v) is 26.7. The summed E-state index contributed by atoms with van der Waals surface area (Å²) in [5, 5.41) is 192. The molecular formula is C66H98N6O30S2. The zero-order valence-corrected chi connectivity index (χ0v) is 58.4. The van der Waals surface area contributed by atoms with Gasteiger partial charge in [0.25, 0.3) is 0 Å². The molecule has 0 aromatic heterocycles. The van der Waals surface area contributed by atoms with E-state index in [0.29, 0.717) is 5.75 Å². The van der Waals surface area contributed by atoms with E-state index in [1.165, 1.54) is 11.8 Å². The second-order valence-electron chi connectivity index (χ2n) is 25.2. The molecule has 0 saturated heterocycles. The summed E-state index contributed by atoms with van der Waals surface area (Å²) in [5.41, 5.74) is 4.28. The van der Waals surface area contributed by atoms with Crippen LogP contribution >= 0.6 is 24.4 Å². The molecule has 1 aliphatic rings. The van der Waals surface area contributed by atoms with Crippen molar-refractivity contribution in [2.75, 3.05) is 56.7 Å². The van der Waals surface area contributed by atoms with Crippen LogP contribution in [0.2, 0.25) is 0 Å². The van der Waals surface area contributed by atoms with Crippen molar-refractivity contribution in [1.82, 2.24) is 31.9 Å². The summed E-state index contributed by atoms with van der Waals surface area (Å²) in [5.74, 6) is -18.9. The van der Waals surface area contributed by atoms with Crippen LogP contribution in [0.1, 0.15) is 107 Å². The first kappa shape index (κ1) is 91.0. The van der Waals surface area contributed by atoms with E-state index in [2.05, 4.69) is 44.5 Å². The first-order valence-corrected chi connectivity index (χ1v) is 35.2. The standard InChI is InChI=1S/C66H98N6O30S2/c73-27-49(82)60(95)57(92)46(79)24-67-52(85)14-9-32(21-35(76)19-20-104-31-40-38-7-3-1-5-36(38)37-6-2-4-8-39(37)40)63(98)70-41(12-17-55(88)89)44(77)22-33(10-15-53(86)68-25-47(80)58(93)61(96)50(83)28-74)64(99)71-42(13-18-56(90)91)45(78)23-34(65(100)72-43(30-103)66(101)102)11-16-54(87)69-26-48(81)59(94)62(97)51(84)29-75/h1-8,32-34,40-43,46-51,57-62,73-75,79-84,92-97,103H,9-31H2,(H,67,85)(H,68,86)(H,69,87)(H,70,98)(H,71,99)(H,72,100)(H,88,89)(H,90,91)(H,101,102)/t32-,33-,34-,41+,42+,43+,46+,47+,48+,49-,50-,51-,57-,58-,59-,60-,61-,62-/m1/s1. The summed E-state index contributed by atoms with van der Waals surface area (Å²) in [6.07, 6.45) is -34.3. The van der Waals surface area contributed by atoms with Crippen LogP contribution in [0.3, 0.4) is 0 Å². The van der Waals surface area contributed by atoms with Crippen molar-refractivity contribution in [1.29, 1.82) is 0 Å². The number of carbonyl (C=O) groups is 12. The summed E-state index contributed by atoms with van der Waals surface area (Å²) in [4.78, 5) is 162. The Morgan fingerprint density at radius 3 is 1.04 bits per heavy atom. The van der Waals surface area contributed by atoms with Gasteiger partial charge in [-0.3, -0.25) is 52.7 Å². The number of aliphatic hydroxyl groups excluding tert-OH is 15. The number of thioether (sulfide) groups is 1. The Balaban J connectivity index is 2.03. The zero-order chi connectivity index (χ0) is 78.1. The monoisotopic (exact) mass is 1520 g/mol. The number of thiol groups is 1. The number of Topliss-reactive ketones (excluding diaryl/α,β-unsaturated/α-hetero) is 3. The van der Waals surface area contributed by atoms with Gasteiger partial charge in [0.15, 0.2) is 11.6 Å². The highest BCUT2D eigenvalue weighted by atomic mass is 32.2. The predicted molar refractivity (Wildman–Crippen MR) is 366 cm³/mol. The molecule has 38 heteroatoms. The van der Waals surface area contributed by atoms with E-state index in [9.17, 15) is 144 Å². The average molecular weight is 1520 g/mol. The third-order valence-corrected chi connectivity index (χ3v) is 18.8. The smallest absolute Gasteiger partial charge is 0.327 e. The molecule has 36 nitrogen and oxygen atoms in total. The van der Waals surface area contributed by atoms with Crippen LogP contribution in [-0.2, 0) is 57.5 Å². The third kappa shape index (κ3) is 30.3. The number of aliphatic carboxylic acids is 3. The fourth-order valence-electron chi connectivity index (χ4n) is 11.1. The number of carboxylic acids is 3. The van der Waals surface area contributed by atoms with Gasteiger partial charge >= 0.3 is 17.9 Å². The SMILES string of the molecule is O=C(O)CC[C@H](NC(=O)[C@H](CCC(=O)NC[C@H](O)[C@@H](O)[C@H](O)[C@H](O)CO)CC(=O)CCSCC1c2ccccc2-c2ccccc21)C(=O)C[C@@H](CCC(=O)NC[C@H](O)[C@@H](O)[C@H](O)[C@H](O)CO)C(=O)N[C@@H](CCC(=O)O)C(=O)C[C@@H](CCC(=O)NC[C@H](O)[C@@H](O)[C@H](O)[C@H](O)CO)C(=O)N[C@@H](CS)C(=O)O. The van der Waals surface area contributed by atoms with Crippen molar-refractivity contribution in [2.24, 2.45) is 17.8 Å². The Bertz CT molecular complexity index is 3110. The minimum Gasteiger partial charge on any atom is -0.481 e. The zero-order valence-electron chi connectivity index (χ0n) is 56.7. The summed E-state index contributed by atoms with van der Waals surface area (Å²) in [6.45, 7) is -5.50. The van der Waals surface area contributed by atoms with Crippen LogP contribution in [-0.4, -0.2) is 311 Å². The van der Waals surface area contributed by atoms with E-state index in [4.69, 9.17) is 5.11 Å². The first-order chi connectivity index (χ1) is 49.1. The van der Waals surface area contributed by atoms with Crippen LogP contribution in [0, 0.1) is 17.8 Å². The lowest BCUT2D eigenvalue weighted by atomic mass is 9.89. The number of hydrogen-bond donors (Lipinski definition) is 25. The van der Waals surface area contributed by atoms with Crippen molar-refractivity contribution < 1.29 is 149 Å². The number of carbonyl (C=O) groups excluding carboxylic acids is 9. The average Bonchev–Trinajstić information content (AvgIpc) is 1.62. The van der Waals surface area contributed by atoms with Gasteiger partial charge in [-0.15, -0.1) is 0 Å². The molecule has 0 radical (unpaired) electrons. The molecule has 584 valence electrons. The number of amides is 6. The van der Waals surface area contributed by atoms with Crippen LogP contribution in [0.25, 0.3) is 11.1 Å². The van der Waals surface area contributed by atoms with Gasteiger partial charge in [-0.25, -0.2) is 4.79 Å². The number of rotatable bonds is 54. The summed E-state index contributed by atoms with van der Waals surface area (Å²) >= 11 is 5.36. The maximum atomic E-state index is 14.7. The van der Waals surface area contributed by atoms with E-state index < -0.39 is 309 Å². The molecule has 0 saturated carbocycles. The van der Waals surface area contributed by atoms with E-state index in [1.54, 1.807) is 0 Å². The van der Waals surface area contributed by atoms with Crippen molar-refractivity contribution in [2.45, 2.75) is 187 Å². The lowest BCUT2D eigenvalue weighted by Crippen LogP contribution is -2.50. The van der Waals surface area contributed by atoms with Gasteiger partial charge in [0.05, 0.1) is 50.2 Å². The molecule has 0 aliphatic heterocycles. The molecule has 0 heterocycles. The van der Waals surface area contributed by atoms with E-state index in [-0.39, 0.29) is 18.1 Å². The van der Waals surface area contributed by atoms with E-state index in [0.717, 1.165) is 22.3 Å². The van der Waals surface area contributed by atoms with Gasteiger partial charge in [-0.1, -0.05) is 48.5 Å². The molecule has 6 amide bonds. The van der Waals surface area contributed by atoms with Gasteiger partial charge in [-0.05, 0) is 54.4 Å². The number of benzene rings is 2. The highest BCUT2D eigenvalue weighted by Crippen LogP contribution is 2.46. The quantitative estimate of drug-likeness (QED) is 0.0216. The fourth-order valence-corrected chi connectivity index (χ4v) is 12.4. The predicted octanol–water partition coefficient (Wildman–Crippen LogP) is -7.16. The van der Waals surface area contributed by atoms with Gasteiger partial charge in [0.2, 0.25) is 35.4 Å². The van der Waals surface area contributed by atoms with Gasteiger partial charge in [-0.2, -0.15) is 24.4 Å². The molecule has 1 aliphatic carbocycles. The summed E-state index contributed by atoms with van der Waals surface area (Å²) in [7, 11) is 0. The Morgan fingerprint density at radius 1 is 0.404 bits per heavy atom. The molecule has 2 aromatic carbocycles. The minimum atomic E-state index is -2.17. The molecule has 0 unspecified atom stereocenters. The number of fused-ring (bicyclic) bond motifs is 3. The number of nitrogens with one attached hydrogen (secondary N) is 6. The van der Waals surface area contributed by atoms with Gasteiger partial charge < -0.3 is 124 Å². The molecule has 0 fully saturated rings. The number of aliphatic hydroxyl groups is 15. The Kier molecular flexibility index (Phi) is 40.8. The van der Waals surface area contributed by atoms with E-state index >= 15 is 0 Å². The molecular weight excluding hydrogens is 1420 g/mol. The lowest BCUT2D eigenvalue weighted by Gasteiger charge is -2.26. The number of carboxylic acid groups (broad SMARTS) is 3. The van der Waals surface area contributed by atoms with E-state index in [1.807, 2.05) is 48.5 Å². The Morgan fingerprint density at radius 2 is 0.721 bits per heavy atom. The van der Waals surface area contributed by atoms with Crippen LogP contribution in [0.5, 0.6) is 0 Å². The molecule has 104 heavy (non-hydrogen) atoms. The van der Waals surface area contributed by atoms with Crippen molar-refractivity contribution in [3.05, 3.63) is 59.7 Å². The fraction of sp³-hybridized carbons (Fsp3) is 0.636. The number of ketones is 3. The van der Waals surface area contributed by atoms with Crippen LogP contribution in [0.15, 0.2) is 48.5 Å². The maximum absolute atomic E-state index is 14.7. The second kappa shape index (κ2) is 46.7. The Hall–Kier alpha value is -7.22.